The second-order valence-electron chi connectivity index (χ2n) is 10.0. The smallest absolute Gasteiger partial charge is 0.246 e. The van der Waals surface area contributed by atoms with Crippen LogP contribution in [0.5, 0.6) is 0 Å². The van der Waals surface area contributed by atoms with Crippen molar-refractivity contribution < 1.29 is 9.59 Å². The summed E-state index contributed by atoms with van der Waals surface area (Å²) in [4.78, 5) is 45.5. The third kappa shape index (κ3) is 12.7. The molecule has 43 heavy (non-hydrogen) atoms. The van der Waals surface area contributed by atoms with Gasteiger partial charge in [-0.25, -0.2) is 4.98 Å². The molecule has 0 aromatic carbocycles. The first kappa shape index (κ1) is 35.0. The number of hydrogen-bond donors (Lipinski definition) is 2. The average Bonchev–Trinajstić information content (AvgIpc) is 3.57. The average molecular weight is 589 g/mol. The van der Waals surface area contributed by atoms with E-state index in [9.17, 15) is 9.59 Å². The van der Waals surface area contributed by atoms with Gasteiger partial charge in [-0.3, -0.25) is 24.5 Å². The molecule has 10 heteroatoms. The number of pyridine rings is 2. The van der Waals surface area contributed by atoms with Crippen molar-refractivity contribution in [2.75, 3.05) is 58.9 Å². The fraction of sp³-hybridized carbons (Fsp3) is 0.424. The van der Waals surface area contributed by atoms with Crippen molar-refractivity contribution in [3.63, 3.8) is 0 Å². The van der Waals surface area contributed by atoms with Gasteiger partial charge in [0, 0.05) is 101 Å². The summed E-state index contributed by atoms with van der Waals surface area (Å²) in [5.41, 5.74) is 3.11. The number of imidazole rings is 1. The molecular formula is C33H48N8O2. The second-order valence-corrected chi connectivity index (χ2v) is 10.0. The summed E-state index contributed by atoms with van der Waals surface area (Å²) in [7, 11) is 0. The van der Waals surface area contributed by atoms with E-state index in [1.54, 1.807) is 49.3 Å². The first-order chi connectivity index (χ1) is 20.2. The van der Waals surface area contributed by atoms with Gasteiger partial charge in [0.15, 0.2) is 0 Å². The van der Waals surface area contributed by atoms with Gasteiger partial charge in [-0.05, 0) is 61.2 Å². The molecule has 3 aromatic heterocycles. The summed E-state index contributed by atoms with van der Waals surface area (Å²) in [6.45, 7) is 7.95. The minimum atomic E-state index is 0. The summed E-state index contributed by atoms with van der Waals surface area (Å²) < 4.78 is 0. The fourth-order valence-electron chi connectivity index (χ4n) is 4.64. The van der Waals surface area contributed by atoms with Gasteiger partial charge >= 0.3 is 0 Å². The Balaban J connectivity index is 0.000000312. The van der Waals surface area contributed by atoms with Crippen molar-refractivity contribution in [3.8, 4) is 0 Å². The Hall–Kier alpha value is -4.15. The van der Waals surface area contributed by atoms with Crippen molar-refractivity contribution in [3.05, 3.63) is 90.5 Å². The van der Waals surface area contributed by atoms with Gasteiger partial charge < -0.3 is 20.1 Å². The van der Waals surface area contributed by atoms with Crippen molar-refractivity contribution in [2.24, 2.45) is 0 Å². The zero-order valence-corrected chi connectivity index (χ0v) is 23.6. The molecule has 3 aromatic rings. The molecule has 2 amide bonds. The van der Waals surface area contributed by atoms with Gasteiger partial charge in [0.25, 0.3) is 0 Å². The number of nitrogens with one attached hydrogen (secondary N) is 2. The molecule has 0 atom stereocenters. The summed E-state index contributed by atoms with van der Waals surface area (Å²) >= 11 is 0. The summed E-state index contributed by atoms with van der Waals surface area (Å²) in [5.74, 6) is 0.160. The normalized spacial score (nSPS) is 15.3. The monoisotopic (exact) mass is 588 g/mol. The molecule has 0 saturated carbocycles. The van der Waals surface area contributed by atoms with Crippen LogP contribution in [0.4, 0.5) is 0 Å². The highest BCUT2D eigenvalue weighted by Crippen LogP contribution is 2.08. The first-order valence-electron chi connectivity index (χ1n) is 14.3. The van der Waals surface area contributed by atoms with Crippen LogP contribution in [-0.4, -0.2) is 105 Å². The molecule has 0 radical (unpaired) electrons. The molecule has 0 spiro atoms. The summed E-state index contributed by atoms with van der Waals surface area (Å²) in [6.07, 6.45) is 20.8. The van der Waals surface area contributed by atoms with E-state index < -0.39 is 0 Å². The van der Waals surface area contributed by atoms with Gasteiger partial charge in [-0.15, -0.1) is 0 Å². The SMILES string of the molecule is C.C.O=C(/C=C/c1cccnc1)N1CCN(CCCCc2cnc[nH]2)CC1.O=C(/C=C/c1cccnc1)N1CCNCC1. The number of aryl methyl sites for hydroxylation is 1. The zero-order chi connectivity index (χ0) is 28.5. The molecule has 0 unspecified atom stereocenters. The van der Waals surface area contributed by atoms with Gasteiger partial charge in [0.1, 0.15) is 0 Å². The summed E-state index contributed by atoms with van der Waals surface area (Å²) in [6, 6.07) is 7.59. The second kappa shape index (κ2) is 19.9. The van der Waals surface area contributed by atoms with Crippen LogP contribution >= 0.6 is 0 Å². The Kier molecular flexibility index (Phi) is 16.2. The number of nitrogens with zero attached hydrogens (tertiary/aromatic N) is 6. The standard InChI is InChI=1S/C19H25N5O.C12H15N3O.2CH4/c25-19(7-6-17-4-3-8-20-14-17)24-12-10-23(11-13-24)9-2-1-5-18-15-21-16-22-18;16-12(15-8-6-13-7-9-15)4-3-11-2-1-5-14-10-11;;/h3-4,6-8,14-16H,1-2,5,9-13H2,(H,21,22);1-5,10,13H,6-9H2;2*1H4/b7-6+;4-3+;;. The number of rotatable bonds is 9. The van der Waals surface area contributed by atoms with E-state index in [1.165, 1.54) is 12.1 Å². The molecule has 5 heterocycles. The van der Waals surface area contributed by atoms with Crippen molar-refractivity contribution >= 4 is 24.0 Å². The Morgan fingerprint density at radius 2 is 1.33 bits per heavy atom. The van der Waals surface area contributed by atoms with E-state index in [0.717, 1.165) is 82.9 Å². The molecule has 2 N–H and O–H groups in total. The van der Waals surface area contributed by atoms with E-state index in [4.69, 9.17) is 0 Å². The lowest BCUT2D eigenvalue weighted by atomic mass is 10.2. The molecule has 2 aliphatic heterocycles. The Morgan fingerprint density at radius 3 is 1.84 bits per heavy atom. The van der Waals surface area contributed by atoms with Crippen LogP contribution in [-0.2, 0) is 16.0 Å². The van der Waals surface area contributed by atoms with Crippen LogP contribution < -0.4 is 5.32 Å². The number of H-pyrrole nitrogens is 1. The molecular weight excluding hydrogens is 540 g/mol. The predicted molar refractivity (Wildman–Crippen MR) is 174 cm³/mol. The lowest BCUT2D eigenvalue weighted by Gasteiger charge is -2.34. The maximum atomic E-state index is 12.3. The van der Waals surface area contributed by atoms with Gasteiger partial charge in [-0.1, -0.05) is 27.0 Å². The lowest BCUT2D eigenvalue weighted by Crippen LogP contribution is -2.48. The van der Waals surface area contributed by atoms with Crippen LogP contribution in [0.15, 0.2) is 73.7 Å². The quantitative estimate of drug-likeness (QED) is 0.289. The van der Waals surface area contributed by atoms with Crippen LogP contribution in [0.25, 0.3) is 12.2 Å². The van der Waals surface area contributed by atoms with Crippen LogP contribution in [0.3, 0.4) is 0 Å². The van der Waals surface area contributed by atoms with E-state index in [0.29, 0.717) is 0 Å². The molecule has 5 rings (SSSR count). The molecule has 10 nitrogen and oxygen atoms in total. The summed E-state index contributed by atoms with van der Waals surface area (Å²) in [5, 5.41) is 3.22. The topological polar surface area (TPSA) is 110 Å². The van der Waals surface area contributed by atoms with Crippen LogP contribution in [0.2, 0.25) is 0 Å². The highest BCUT2D eigenvalue weighted by Gasteiger charge is 2.19. The third-order valence-electron chi connectivity index (χ3n) is 7.04. The maximum absolute atomic E-state index is 12.3. The van der Waals surface area contributed by atoms with E-state index in [1.807, 2.05) is 46.3 Å². The van der Waals surface area contributed by atoms with Crippen molar-refractivity contribution in [1.29, 1.82) is 0 Å². The Bertz CT molecular complexity index is 1220. The molecule has 0 bridgehead atoms. The van der Waals surface area contributed by atoms with Crippen LogP contribution in [0, 0.1) is 0 Å². The fourth-order valence-corrected chi connectivity index (χ4v) is 4.64. The van der Waals surface area contributed by atoms with Gasteiger partial charge in [0.2, 0.25) is 11.8 Å². The largest absolute Gasteiger partial charge is 0.348 e. The highest BCUT2D eigenvalue weighted by atomic mass is 16.2. The third-order valence-corrected chi connectivity index (χ3v) is 7.04. The minimum absolute atomic E-state index is 0. The van der Waals surface area contributed by atoms with Gasteiger partial charge in [0.05, 0.1) is 6.33 Å². The van der Waals surface area contributed by atoms with E-state index in [2.05, 4.69) is 30.2 Å². The number of carbonyl (C=O) groups excluding carboxylic acids is 2. The first-order valence-corrected chi connectivity index (χ1v) is 14.3. The Morgan fingerprint density at radius 1 is 0.744 bits per heavy atom. The molecule has 2 aliphatic rings. The predicted octanol–water partition coefficient (Wildman–Crippen LogP) is 3.78. The number of carbonyl (C=O) groups is 2. The highest BCUT2D eigenvalue weighted by molar-refractivity contribution is 5.92. The number of hydrogen-bond acceptors (Lipinski definition) is 7. The molecule has 2 fully saturated rings. The molecule has 0 aliphatic carbocycles. The number of piperazine rings is 2. The minimum Gasteiger partial charge on any atom is -0.348 e. The van der Waals surface area contributed by atoms with E-state index in [-0.39, 0.29) is 26.7 Å². The van der Waals surface area contributed by atoms with Crippen molar-refractivity contribution in [2.45, 2.75) is 34.1 Å². The zero-order valence-electron chi connectivity index (χ0n) is 23.6. The molecule has 2 saturated heterocycles. The lowest BCUT2D eigenvalue weighted by molar-refractivity contribution is -0.128. The number of aromatic amines is 1. The number of amides is 2. The van der Waals surface area contributed by atoms with E-state index >= 15 is 0 Å². The maximum Gasteiger partial charge on any atom is 0.246 e. The van der Waals surface area contributed by atoms with Crippen molar-refractivity contribution in [1.82, 2.24) is 40.0 Å². The molecule has 232 valence electrons. The number of unbranched alkanes of at least 4 members (excludes halogenated alkanes) is 1. The number of aromatic nitrogens is 4. The Labute approximate surface area is 256 Å². The van der Waals surface area contributed by atoms with Crippen LogP contribution in [0.1, 0.15) is 44.5 Å². The van der Waals surface area contributed by atoms with Gasteiger partial charge in [-0.2, -0.15) is 0 Å².